The van der Waals surface area contributed by atoms with E-state index in [1.807, 2.05) is 35.6 Å². The molecule has 266 valence electrons. The third-order valence-corrected chi connectivity index (χ3v) is 10.8. The summed E-state index contributed by atoms with van der Waals surface area (Å²) in [4.78, 5) is 30.7. The van der Waals surface area contributed by atoms with Gasteiger partial charge in [-0.2, -0.15) is 0 Å². The molecule has 0 amide bonds. The first-order valence-electron chi connectivity index (χ1n) is 18.9. The molecule has 0 saturated carbocycles. The number of carbonyl (C=O) groups excluding carboxylic acids is 1. The van der Waals surface area contributed by atoms with Crippen LogP contribution in [-0.4, -0.2) is 54.8 Å². The molecule has 2 aromatic carbocycles. The maximum absolute atomic E-state index is 12.9. The predicted octanol–water partition coefficient (Wildman–Crippen LogP) is 9.96. The van der Waals surface area contributed by atoms with Crippen molar-refractivity contribution in [3.63, 3.8) is 0 Å². The van der Waals surface area contributed by atoms with Crippen LogP contribution in [0.3, 0.4) is 0 Å². The number of esters is 1. The summed E-state index contributed by atoms with van der Waals surface area (Å²) in [5.41, 5.74) is 1.89. The summed E-state index contributed by atoms with van der Waals surface area (Å²) in [6, 6.07) is 18.1. The van der Waals surface area contributed by atoms with Gasteiger partial charge in [0.05, 0.1) is 12.1 Å². The molecule has 1 aliphatic heterocycles. The number of rotatable bonds is 21. The third-order valence-electron chi connectivity index (χ3n) is 9.88. The van der Waals surface area contributed by atoms with Crippen LogP contribution >= 0.6 is 11.3 Å². The Morgan fingerprint density at radius 1 is 0.816 bits per heavy atom. The van der Waals surface area contributed by atoms with E-state index in [-0.39, 0.29) is 11.5 Å². The Kier molecular flexibility index (Phi) is 14.9. The fourth-order valence-corrected chi connectivity index (χ4v) is 7.83. The van der Waals surface area contributed by atoms with Gasteiger partial charge in [-0.1, -0.05) is 77.2 Å². The van der Waals surface area contributed by atoms with Gasteiger partial charge in [-0.05, 0) is 79.9 Å². The molecular formula is C41H57N3O4S. The Bertz CT molecular complexity index is 1640. The molecule has 2 aromatic heterocycles. The Hall–Kier alpha value is -3.36. The van der Waals surface area contributed by atoms with Crippen molar-refractivity contribution in [2.75, 3.05) is 44.2 Å². The van der Waals surface area contributed by atoms with Crippen molar-refractivity contribution in [2.45, 2.75) is 110 Å². The highest BCUT2D eigenvalue weighted by molar-refractivity contribution is 7.17. The summed E-state index contributed by atoms with van der Waals surface area (Å²) in [6.45, 7) is 9.97. The van der Waals surface area contributed by atoms with Gasteiger partial charge in [0.1, 0.15) is 5.75 Å². The lowest BCUT2D eigenvalue weighted by molar-refractivity contribution is -0.152. The van der Waals surface area contributed by atoms with Crippen molar-refractivity contribution >= 4 is 44.0 Å². The smallest absolute Gasteiger partial charge is 0.307 e. The van der Waals surface area contributed by atoms with Crippen LogP contribution in [0.1, 0.15) is 110 Å². The van der Waals surface area contributed by atoms with E-state index in [0.29, 0.717) is 13.0 Å². The van der Waals surface area contributed by atoms with Gasteiger partial charge in [0.15, 0.2) is 6.23 Å². The first kappa shape index (κ1) is 36.9. The molecule has 1 aliphatic rings. The van der Waals surface area contributed by atoms with Gasteiger partial charge in [0.2, 0.25) is 0 Å². The first-order valence-corrected chi connectivity index (χ1v) is 19.8. The minimum Gasteiger partial charge on any atom is -0.494 e. The van der Waals surface area contributed by atoms with Crippen LogP contribution in [-0.2, 0) is 9.53 Å². The van der Waals surface area contributed by atoms with E-state index >= 15 is 0 Å². The predicted molar refractivity (Wildman–Crippen MR) is 205 cm³/mol. The van der Waals surface area contributed by atoms with E-state index in [1.165, 1.54) is 67.1 Å². The van der Waals surface area contributed by atoms with Gasteiger partial charge in [-0.3, -0.25) is 19.1 Å². The largest absolute Gasteiger partial charge is 0.494 e. The van der Waals surface area contributed by atoms with E-state index < -0.39 is 6.23 Å². The standard InChI is InChI=1S/C41H57N3O4S/c1-3-4-5-6-7-8-9-10-11-12-13-19-41(46)48-33(2)44-38-32-35(22-20-34(38)21-23-40(44)45)47-30-15-14-25-42-26-28-43(29-27-42)37-17-16-18-39-36(37)24-31-49-39/h16-18,20-24,31-33H,3-15,19,25-30H2,1-2H3. The van der Waals surface area contributed by atoms with E-state index in [9.17, 15) is 9.59 Å². The van der Waals surface area contributed by atoms with Crippen LogP contribution < -0.4 is 15.2 Å². The average molecular weight is 688 g/mol. The number of fused-ring (bicyclic) bond motifs is 2. The summed E-state index contributed by atoms with van der Waals surface area (Å²) < 4.78 is 14.8. The summed E-state index contributed by atoms with van der Waals surface area (Å²) in [5.74, 6) is 0.475. The molecule has 0 radical (unpaired) electrons. The van der Waals surface area contributed by atoms with E-state index in [0.717, 1.165) is 81.5 Å². The molecule has 0 aliphatic carbocycles. The van der Waals surface area contributed by atoms with Crippen molar-refractivity contribution in [1.82, 2.24) is 9.47 Å². The molecule has 0 spiro atoms. The maximum atomic E-state index is 12.9. The van der Waals surface area contributed by atoms with E-state index in [2.05, 4.69) is 46.4 Å². The molecule has 1 atom stereocenters. The molecule has 1 saturated heterocycles. The van der Waals surface area contributed by atoms with E-state index in [4.69, 9.17) is 9.47 Å². The molecule has 8 heteroatoms. The van der Waals surface area contributed by atoms with Gasteiger partial charge in [0.25, 0.3) is 5.56 Å². The van der Waals surface area contributed by atoms with Crippen LogP contribution in [0.4, 0.5) is 5.69 Å². The van der Waals surface area contributed by atoms with Crippen LogP contribution in [0.15, 0.2) is 64.8 Å². The summed E-state index contributed by atoms with van der Waals surface area (Å²) in [6.07, 6.45) is 15.3. The quantitative estimate of drug-likeness (QED) is 0.0642. The number of carbonyl (C=O) groups is 1. The second kappa shape index (κ2) is 19.7. The lowest BCUT2D eigenvalue weighted by Gasteiger charge is -2.36. The zero-order chi connectivity index (χ0) is 34.3. The SMILES string of the molecule is CCCCCCCCCCCCCC(=O)OC(C)n1c(=O)ccc2ccc(OCCCCN3CCN(c4cccc5sccc45)CC3)cc21. The van der Waals surface area contributed by atoms with Gasteiger partial charge < -0.3 is 14.4 Å². The van der Waals surface area contributed by atoms with Gasteiger partial charge in [-0.15, -0.1) is 11.3 Å². The lowest BCUT2D eigenvalue weighted by Crippen LogP contribution is -2.46. The molecule has 0 bridgehead atoms. The zero-order valence-corrected chi connectivity index (χ0v) is 30.7. The molecule has 4 aromatic rings. The molecule has 0 N–H and O–H groups in total. The number of pyridine rings is 1. The molecule has 1 unspecified atom stereocenters. The number of piperazine rings is 1. The maximum Gasteiger partial charge on any atom is 0.307 e. The second-order valence-electron chi connectivity index (χ2n) is 13.6. The summed E-state index contributed by atoms with van der Waals surface area (Å²) in [5, 5.41) is 4.46. The summed E-state index contributed by atoms with van der Waals surface area (Å²) >= 11 is 1.81. The number of ether oxygens (including phenoxy) is 2. The van der Waals surface area contributed by atoms with Gasteiger partial charge in [0, 0.05) is 60.5 Å². The fourth-order valence-electron chi connectivity index (χ4n) is 7.03. The topological polar surface area (TPSA) is 64.0 Å². The number of aromatic nitrogens is 1. The van der Waals surface area contributed by atoms with Crippen molar-refractivity contribution < 1.29 is 14.3 Å². The minimum absolute atomic E-state index is 0.188. The molecule has 5 rings (SSSR count). The number of unbranched alkanes of at least 4 members (excludes halogenated alkanes) is 11. The Morgan fingerprint density at radius 3 is 2.29 bits per heavy atom. The van der Waals surface area contributed by atoms with Crippen LogP contribution in [0.2, 0.25) is 0 Å². The number of hydrogen-bond donors (Lipinski definition) is 0. The molecule has 49 heavy (non-hydrogen) atoms. The minimum atomic E-state index is -0.690. The van der Waals surface area contributed by atoms with Crippen molar-refractivity contribution in [3.05, 3.63) is 70.3 Å². The Labute approximate surface area is 297 Å². The highest BCUT2D eigenvalue weighted by atomic mass is 32.1. The van der Waals surface area contributed by atoms with Crippen LogP contribution in [0, 0.1) is 0 Å². The summed E-state index contributed by atoms with van der Waals surface area (Å²) in [7, 11) is 0. The number of hydrogen-bond acceptors (Lipinski definition) is 7. The number of nitrogens with zero attached hydrogens (tertiary/aromatic N) is 3. The monoisotopic (exact) mass is 687 g/mol. The van der Waals surface area contributed by atoms with Crippen LogP contribution in [0.25, 0.3) is 21.0 Å². The van der Waals surface area contributed by atoms with Crippen molar-refractivity contribution in [3.8, 4) is 5.75 Å². The molecular weight excluding hydrogens is 631 g/mol. The molecule has 7 nitrogen and oxygen atoms in total. The zero-order valence-electron chi connectivity index (χ0n) is 29.9. The number of anilines is 1. The highest BCUT2D eigenvalue weighted by Gasteiger charge is 2.19. The first-order chi connectivity index (χ1) is 24.0. The Morgan fingerprint density at radius 2 is 1.53 bits per heavy atom. The van der Waals surface area contributed by atoms with Crippen molar-refractivity contribution in [1.29, 1.82) is 0 Å². The average Bonchev–Trinajstić information content (AvgIpc) is 3.60. The van der Waals surface area contributed by atoms with Crippen LogP contribution in [0.5, 0.6) is 5.75 Å². The molecule has 1 fully saturated rings. The van der Waals surface area contributed by atoms with Gasteiger partial charge in [-0.25, -0.2) is 0 Å². The number of benzene rings is 2. The normalized spacial score (nSPS) is 14.4. The second-order valence-corrected chi connectivity index (χ2v) is 14.6. The third kappa shape index (κ3) is 11.1. The lowest BCUT2D eigenvalue weighted by atomic mass is 10.1. The highest BCUT2D eigenvalue weighted by Crippen LogP contribution is 2.31. The van der Waals surface area contributed by atoms with E-state index in [1.54, 1.807) is 17.6 Å². The van der Waals surface area contributed by atoms with Crippen molar-refractivity contribution in [2.24, 2.45) is 0 Å². The number of thiophene rings is 1. The fraction of sp³-hybridized carbons (Fsp3) is 0.561. The molecule has 3 heterocycles. The van der Waals surface area contributed by atoms with Gasteiger partial charge >= 0.3 is 5.97 Å². The Balaban J connectivity index is 1.00.